The zero-order valence-corrected chi connectivity index (χ0v) is 18.6. The molecule has 5 rings (SSSR count). The van der Waals surface area contributed by atoms with Crippen LogP contribution in [0.25, 0.3) is 22.7 Å². The van der Waals surface area contributed by atoms with Crippen LogP contribution in [0.1, 0.15) is 16.9 Å². The second-order valence-corrected chi connectivity index (χ2v) is 8.66. The maximum Gasteiger partial charge on any atom is 0.407 e. The largest absolute Gasteiger partial charge is 0.506 e. The minimum Gasteiger partial charge on any atom is -0.506 e. The zero-order valence-electron chi connectivity index (χ0n) is 17.1. The molecule has 0 aliphatic carbocycles. The van der Waals surface area contributed by atoms with Crippen molar-refractivity contribution in [1.29, 1.82) is 0 Å². The number of hydrogen-bond acceptors (Lipinski definition) is 7. The molecule has 2 aliphatic rings. The van der Waals surface area contributed by atoms with Crippen molar-refractivity contribution in [3.8, 4) is 11.5 Å². The SMILES string of the molecule is O=C(O)N1CCN(Cc2c(O)c(Cl)cc3c(O)c(C=C4N=Nc5ccc(Cl)cc54)oc23)CC1. The molecule has 0 radical (unpaired) electrons. The number of phenols is 1. The molecule has 11 heteroatoms. The van der Waals surface area contributed by atoms with Gasteiger partial charge in [-0.3, -0.25) is 4.90 Å². The van der Waals surface area contributed by atoms with Crippen molar-refractivity contribution in [1.82, 2.24) is 9.80 Å². The number of benzene rings is 2. The number of amides is 1. The molecule has 0 spiro atoms. The Labute approximate surface area is 197 Å². The highest BCUT2D eigenvalue weighted by molar-refractivity contribution is 6.33. The Morgan fingerprint density at radius 3 is 2.58 bits per heavy atom. The molecule has 2 aliphatic heterocycles. The van der Waals surface area contributed by atoms with Gasteiger partial charge in [0.1, 0.15) is 11.3 Å². The molecule has 1 saturated heterocycles. The van der Waals surface area contributed by atoms with Crippen molar-refractivity contribution in [2.75, 3.05) is 26.2 Å². The summed E-state index contributed by atoms with van der Waals surface area (Å²) in [6.07, 6.45) is 0.602. The summed E-state index contributed by atoms with van der Waals surface area (Å²) in [6.45, 7) is 1.96. The van der Waals surface area contributed by atoms with E-state index in [1.165, 1.54) is 11.0 Å². The maximum atomic E-state index is 11.2. The van der Waals surface area contributed by atoms with Crippen LogP contribution in [0.15, 0.2) is 38.9 Å². The Balaban J connectivity index is 1.52. The van der Waals surface area contributed by atoms with Crippen molar-refractivity contribution in [3.05, 3.63) is 51.2 Å². The number of fused-ring (bicyclic) bond motifs is 2. The smallest absolute Gasteiger partial charge is 0.407 e. The van der Waals surface area contributed by atoms with Gasteiger partial charge in [0.15, 0.2) is 11.5 Å². The molecule has 3 aromatic rings. The lowest BCUT2D eigenvalue weighted by molar-refractivity contribution is 0.102. The normalized spacial score (nSPS) is 17.3. The fraction of sp³-hybridized carbons (Fsp3) is 0.227. The van der Waals surface area contributed by atoms with E-state index < -0.39 is 6.09 Å². The predicted molar refractivity (Wildman–Crippen MR) is 123 cm³/mol. The van der Waals surface area contributed by atoms with E-state index in [2.05, 4.69) is 10.2 Å². The van der Waals surface area contributed by atoms with Crippen LogP contribution >= 0.6 is 23.2 Å². The summed E-state index contributed by atoms with van der Waals surface area (Å²) >= 11 is 12.3. The van der Waals surface area contributed by atoms with Gasteiger partial charge >= 0.3 is 6.09 Å². The van der Waals surface area contributed by atoms with Crippen LogP contribution in [0.3, 0.4) is 0 Å². The van der Waals surface area contributed by atoms with E-state index in [0.29, 0.717) is 64.7 Å². The summed E-state index contributed by atoms with van der Waals surface area (Å²) in [5, 5.41) is 39.8. The highest BCUT2D eigenvalue weighted by atomic mass is 35.5. The van der Waals surface area contributed by atoms with Gasteiger partial charge in [0.2, 0.25) is 0 Å². The fourth-order valence-electron chi connectivity index (χ4n) is 4.02. The second-order valence-electron chi connectivity index (χ2n) is 7.81. The van der Waals surface area contributed by atoms with Gasteiger partial charge in [-0.2, -0.15) is 0 Å². The topological polar surface area (TPSA) is 122 Å². The van der Waals surface area contributed by atoms with Crippen LogP contribution in [0, 0.1) is 0 Å². The summed E-state index contributed by atoms with van der Waals surface area (Å²) in [7, 11) is 0. The van der Waals surface area contributed by atoms with Gasteiger partial charge in [0, 0.05) is 49.4 Å². The Morgan fingerprint density at radius 1 is 1.09 bits per heavy atom. The summed E-state index contributed by atoms with van der Waals surface area (Å²) < 4.78 is 5.96. The Bertz CT molecular complexity index is 1340. The predicted octanol–water partition coefficient (Wildman–Crippen LogP) is 5.54. The number of halogens is 2. The van der Waals surface area contributed by atoms with E-state index in [9.17, 15) is 15.0 Å². The third-order valence-electron chi connectivity index (χ3n) is 5.79. The molecule has 0 unspecified atom stereocenters. The Hall–Kier alpha value is -3.27. The van der Waals surface area contributed by atoms with Gasteiger partial charge in [-0.1, -0.05) is 23.2 Å². The van der Waals surface area contributed by atoms with Crippen LogP contribution in [0.4, 0.5) is 10.5 Å². The lowest BCUT2D eigenvalue weighted by Crippen LogP contribution is -2.47. The quantitative estimate of drug-likeness (QED) is 0.444. The first kappa shape index (κ1) is 21.6. The van der Waals surface area contributed by atoms with Crippen molar-refractivity contribution in [2.45, 2.75) is 6.54 Å². The minimum atomic E-state index is -0.955. The third kappa shape index (κ3) is 3.88. The van der Waals surface area contributed by atoms with Crippen LogP contribution in [0.2, 0.25) is 10.0 Å². The van der Waals surface area contributed by atoms with E-state index in [0.717, 1.165) is 0 Å². The molecular formula is C22H18Cl2N4O5. The Kier molecular flexibility index (Phi) is 5.40. The molecule has 170 valence electrons. The van der Waals surface area contributed by atoms with Gasteiger partial charge < -0.3 is 24.6 Å². The molecule has 1 fully saturated rings. The average Bonchev–Trinajstić information content (AvgIpc) is 3.33. The highest BCUT2D eigenvalue weighted by Crippen LogP contribution is 2.44. The van der Waals surface area contributed by atoms with Crippen LogP contribution in [-0.2, 0) is 6.54 Å². The number of azo groups is 1. The van der Waals surface area contributed by atoms with Crippen LogP contribution in [-0.4, -0.2) is 57.4 Å². The summed E-state index contributed by atoms with van der Waals surface area (Å²) in [6, 6.07) is 6.64. The summed E-state index contributed by atoms with van der Waals surface area (Å²) in [4.78, 5) is 14.5. The number of furan rings is 1. The van der Waals surface area contributed by atoms with Gasteiger partial charge in [-0.15, -0.1) is 10.2 Å². The second kappa shape index (κ2) is 8.26. The summed E-state index contributed by atoms with van der Waals surface area (Å²) in [5.41, 5.74) is 2.55. The number of carbonyl (C=O) groups is 1. The molecule has 1 aromatic heterocycles. The monoisotopic (exact) mass is 488 g/mol. The van der Waals surface area contributed by atoms with Crippen molar-refractivity contribution < 1.29 is 24.5 Å². The van der Waals surface area contributed by atoms with Crippen LogP contribution < -0.4 is 0 Å². The van der Waals surface area contributed by atoms with E-state index in [1.807, 2.05) is 4.90 Å². The number of nitrogens with zero attached hydrogens (tertiary/aromatic N) is 4. The first-order valence-corrected chi connectivity index (χ1v) is 10.9. The number of piperazine rings is 1. The molecule has 2 aromatic carbocycles. The minimum absolute atomic E-state index is 0.0784. The fourth-order valence-corrected chi connectivity index (χ4v) is 4.41. The first-order chi connectivity index (χ1) is 15.8. The van der Waals surface area contributed by atoms with E-state index >= 15 is 0 Å². The number of phenolic OH excluding ortho intramolecular Hbond substituents is 1. The molecule has 3 N–H and O–H groups in total. The number of rotatable bonds is 3. The zero-order chi connectivity index (χ0) is 23.3. The molecule has 3 heterocycles. The van der Waals surface area contributed by atoms with Gasteiger partial charge in [-0.25, -0.2) is 4.79 Å². The number of hydrogen-bond donors (Lipinski definition) is 3. The molecular weight excluding hydrogens is 471 g/mol. The molecule has 0 saturated carbocycles. The standard InChI is InChI=1S/C22H18Cl2N4O5/c23-11-1-2-16-12(7-11)17(26-25-16)9-18-20(30)13-8-15(24)19(29)14(21(13)33-18)10-27-3-5-28(6-4-27)22(31)32/h1-2,7-9,29-30H,3-6,10H2,(H,31,32). The van der Waals surface area contributed by atoms with Crippen molar-refractivity contribution in [2.24, 2.45) is 10.2 Å². The maximum absolute atomic E-state index is 11.2. The van der Waals surface area contributed by atoms with Gasteiger partial charge in [0.25, 0.3) is 0 Å². The third-order valence-corrected chi connectivity index (χ3v) is 6.32. The molecule has 33 heavy (non-hydrogen) atoms. The highest BCUT2D eigenvalue weighted by Gasteiger charge is 2.26. The number of carboxylic acid groups (broad SMARTS) is 1. The summed E-state index contributed by atoms with van der Waals surface area (Å²) in [5.74, 6) is -0.136. The lowest BCUT2D eigenvalue weighted by Gasteiger charge is -2.33. The van der Waals surface area contributed by atoms with Crippen molar-refractivity contribution in [3.63, 3.8) is 0 Å². The van der Waals surface area contributed by atoms with Gasteiger partial charge in [0.05, 0.1) is 27.4 Å². The van der Waals surface area contributed by atoms with E-state index in [-0.39, 0.29) is 28.8 Å². The lowest BCUT2D eigenvalue weighted by atomic mass is 10.1. The molecule has 0 atom stereocenters. The van der Waals surface area contributed by atoms with Gasteiger partial charge in [-0.05, 0) is 24.3 Å². The van der Waals surface area contributed by atoms with E-state index in [1.54, 1.807) is 24.3 Å². The molecule has 1 amide bonds. The number of aromatic hydroxyl groups is 2. The van der Waals surface area contributed by atoms with E-state index in [4.69, 9.17) is 32.7 Å². The van der Waals surface area contributed by atoms with Crippen molar-refractivity contribution >= 4 is 57.7 Å². The average molecular weight is 489 g/mol. The Morgan fingerprint density at radius 2 is 1.85 bits per heavy atom. The molecule has 9 nitrogen and oxygen atoms in total. The molecule has 0 bridgehead atoms. The first-order valence-electron chi connectivity index (χ1n) is 10.1. The van der Waals surface area contributed by atoms with Crippen LogP contribution in [0.5, 0.6) is 11.5 Å².